The first kappa shape index (κ1) is 20.3. The molecule has 0 unspecified atom stereocenters. The SMILES string of the molecule is O=C(c1ccco1)[C@@H]1[C@@H]2C(=O)N(c3cc(Cl)ccc3Cl)C(=O)[C@@H]2[C@@H]2c3ccccc3C=CN12. The van der Waals surface area contributed by atoms with Crippen molar-refractivity contribution in [2.24, 2.45) is 11.8 Å². The van der Waals surface area contributed by atoms with Crippen LogP contribution in [0.15, 0.2) is 71.5 Å². The third kappa shape index (κ3) is 2.84. The summed E-state index contributed by atoms with van der Waals surface area (Å²) >= 11 is 12.5. The van der Waals surface area contributed by atoms with Gasteiger partial charge in [0.1, 0.15) is 6.04 Å². The first-order chi connectivity index (χ1) is 16.0. The summed E-state index contributed by atoms with van der Waals surface area (Å²) in [5.74, 6) is -2.73. The Morgan fingerprint density at radius 2 is 1.73 bits per heavy atom. The molecule has 6 rings (SSSR count). The molecule has 164 valence electrons. The van der Waals surface area contributed by atoms with Gasteiger partial charge in [-0.05, 0) is 47.5 Å². The van der Waals surface area contributed by atoms with Crippen LogP contribution in [0.5, 0.6) is 0 Å². The molecule has 0 bridgehead atoms. The minimum absolute atomic E-state index is 0.145. The molecule has 2 saturated heterocycles. The Kier molecular flexibility index (Phi) is 4.50. The van der Waals surface area contributed by atoms with Gasteiger partial charge < -0.3 is 9.32 Å². The first-order valence-electron chi connectivity index (χ1n) is 10.4. The number of amides is 2. The van der Waals surface area contributed by atoms with E-state index < -0.39 is 35.7 Å². The number of furan rings is 1. The van der Waals surface area contributed by atoms with E-state index in [9.17, 15) is 14.4 Å². The molecule has 3 aliphatic heterocycles. The summed E-state index contributed by atoms with van der Waals surface area (Å²) in [6.07, 6.45) is 5.11. The first-order valence-corrected chi connectivity index (χ1v) is 11.2. The van der Waals surface area contributed by atoms with Gasteiger partial charge in [0.15, 0.2) is 5.76 Å². The summed E-state index contributed by atoms with van der Waals surface area (Å²) in [5, 5.41) is 0.582. The number of hydrogen-bond acceptors (Lipinski definition) is 5. The summed E-state index contributed by atoms with van der Waals surface area (Å²) in [6, 6.07) is 14.1. The minimum atomic E-state index is -0.897. The molecule has 2 aromatic carbocycles. The molecule has 0 aliphatic carbocycles. The molecular weight excluding hydrogens is 463 g/mol. The van der Waals surface area contributed by atoms with E-state index in [-0.39, 0.29) is 22.3 Å². The number of carbonyl (C=O) groups excluding carboxylic acids is 3. The molecule has 0 radical (unpaired) electrons. The number of ketones is 1. The highest BCUT2D eigenvalue weighted by molar-refractivity contribution is 6.38. The van der Waals surface area contributed by atoms with Gasteiger partial charge in [-0.3, -0.25) is 14.4 Å². The lowest BCUT2D eigenvalue weighted by molar-refractivity contribution is -0.123. The zero-order valence-electron chi connectivity index (χ0n) is 17.0. The molecule has 8 heteroatoms. The zero-order valence-corrected chi connectivity index (χ0v) is 18.5. The molecule has 2 amide bonds. The highest BCUT2D eigenvalue weighted by atomic mass is 35.5. The average Bonchev–Trinajstić information content (AvgIpc) is 3.52. The van der Waals surface area contributed by atoms with Crippen molar-refractivity contribution in [3.63, 3.8) is 0 Å². The van der Waals surface area contributed by atoms with E-state index in [1.54, 1.807) is 30.5 Å². The second-order valence-corrected chi connectivity index (χ2v) is 9.13. The van der Waals surface area contributed by atoms with Gasteiger partial charge in [0.2, 0.25) is 17.6 Å². The van der Waals surface area contributed by atoms with Crippen molar-refractivity contribution in [1.82, 2.24) is 4.90 Å². The molecular formula is C25H16Cl2N2O4. The number of carbonyl (C=O) groups is 3. The van der Waals surface area contributed by atoms with Crippen LogP contribution in [0, 0.1) is 11.8 Å². The van der Waals surface area contributed by atoms with Crippen molar-refractivity contribution in [2.45, 2.75) is 12.1 Å². The molecule has 0 spiro atoms. The third-order valence-electron chi connectivity index (χ3n) is 6.64. The van der Waals surface area contributed by atoms with Gasteiger partial charge in [0, 0.05) is 11.2 Å². The van der Waals surface area contributed by atoms with Gasteiger partial charge in [0.05, 0.1) is 34.9 Å². The molecule has 6 nitrogen and oxygen atoms in total. The van der Waals surface area contributed by atoms with Crippen LogP contribution in [-0.2, 0) is 9.59 Å². The summed E-state index contributed by atoms with van der Waals surface area (Å²) in [7, 11) is 0. The van der Waals surface area contributed by atoms with Crippen LogP contribution in [0.25, 0.3) is 6.08 Å². The monoisotopic (exact) mass is 478 g/mol. The fraction of sp³-hybridized carbons (Fsp3) is 0.160. The lowest BCUT2D eigenvalue weighted by Gasteiger charge is -2.35. The Labute approximate surface area is 199 Å². The van der Waals surface area contributed by atoms with Crippen LogP contribution in [0.4, 0.5) is 5.69 Å². The normalized spacial score (nSPS) is 25.3. The molecule has 0 saturated carbocycles. The van der Waals surface area contributed by atoms with E-state index in [2.05, 4.69) is 0 Å². The standard InChI is InChI=1S/C25H16Cl2N2O4/c26-14-7-8-16(27)17(12-14)29-24(31)19-20(25(29)32)22(23(30)18-6-3-11-33-18)28-10-9-13-4-1-2-5-15(13)21(19)28/h1-12,19-22H/t19-,20+,21-,22-/m0/s1. The van der Waals surface area contributed by atoms with Crippen molar-refractivity contribution in [2.75, 3.05) is 4.90 Å². The van der Waals surface area contributed by atoms with Gasteiger partial charge in [-0.25, -0.2) is 4.90 Å². The van der Waals surface area contributed by atoms with Crippen molar-refractivity contribution >= 4 is 52.6 Å². The van der Waals surface area contributed by atoms with Crippen LogP contribution >= 0.6 is 23.2 Å². The van der Waals surface area contributed by atoms with Gasteiger partial charge in [-0.15, -0.1) is 0 Å². The minimum Gasteiger partial charge on any atom is -0.461 e. The van der Waals surface area contributed by atoms with Gasteiger partial charge >= 0.3 is 0 Å². The number of benzene rings is 2. The Morgan fingerprint density at radius 3 is 2.52 bits per heavy atom. The summed E-state index contributed by atoms with van der Waals surface area (Å²) in [6.45, 7) is 0. The van der Waals surface area contributed by atoms with Gasteiger partial charge in [0.25, 0.3) is 0 Å². The van der Waals surface area contributed by atoms with E-state index in [4.69, 9.17) is 27.6 Å². The summed E-state index contributed by atoms with van der Waals surface area (Å²) < 4.78 is 5.37. The van der Waals surface area contributed by atoms with E-state index in [0.717, 1.165) is 16.0 Å². The molecule has 3 aliphatic rings. The third-order valence-corrected chi connectivity index (χ3v) is 7.20. The lowest BCUT2D eigenvalue weighted by Crippen LogP contribution is -2.44. The van der Waals surface area contributed by atoms with Crippen molar-refractivity contribution in [3.8, 4) is 0 Å². The topological polar surface area (TPSA) is 70.8 Å². The quantitative estimate of drug-likeness (QED) is 0.391. The Hall–Kier alpha value is -3.35. The predicted octanol–water partition coefficient (Wildman–Crippen LogP) is 4.98. The van der Waals surface area contributed by atoms with E-state index in [1.807, 2.05) is 35.2 Å². The number of fused-ring (bicyclic) bond motifs is 5. The van der Waals surface area contributed by atoms with E-state index in [1.165, 1.54) is 12.3 Å². The number of anilines is 1. The Morgan fingerprint density at radius 1 is 0.939 bits per heavy atom. The maximum absolute atomic E-state index is 13.8. The van der Waals surface area contributed by atoms with Crippen LogP contribution in [0.2, 0.25) is 10.0 Å². The molecule has 2 fully saturated rings. The maximum atomic E-state index is 13.8. The van der Waals surface area contributed by atoms with E-state index >= 15 is 0 Å². The molecule has 4 heterocycles. The lowest BCUT2D eigenvalue weighted by atomic mass is 9.84. The number of halogens is 2. The average molecular weight is 479 g/mol. The molecule has 3 aromatic rings. The van der Waals surface area contributed by atoms with Crippen molar-refractivity contribution in [3.05, 3.63) is 94.0 Å². The van der Waals surface area contributed by atoms with Crippen LogP contribution in [-0.4, -0.2) is 28.5 Å². The molecule has 4 atom stereocenters. The highest BCUT2D eigenvalue weighted by Gasteiger charge is 2.65. The zero-order chi connectivity index (χ0) is 22.9. The van der Waals surface area contributed by atoms with Gasteiger partial charge in [-0.2, -0.15) is 0 Å². The number of imide groups is 1. The number of nitrogens with zero attached hydrogens (tertiary/aromatic N) is 2. The maximum Gasteiger partial charge on any atom is 0.240 e. The fourth-order valence-electron chi connectivity index (χ4n) is 5.32. The Balaban J connectivity index is 1.52. The van der Waals surface area contributed by atoms with Crippen LogP contribution in [0.1, 0.15) is 27.7 Å². The molecule has 1 aromatic heterocycles. The van der Waals surface area contributed by atoms with Crippen molar-refractivity contribution < 1.29 is 18.8 Å². The van der Waals surface area contributed by atoms with Gasteiger partial charge in [-0.1, -0.05) is 47.5 Å². The fourth-order valence-corrected chi connectivity index (χ4v) is 5.68. The molecule has 33 heavy (non-hydrogen) atoms. The van der Waals surface area contributed by atoms with E-state index in [0.29, 0.717) is 5.02 Å². The number of hydrogen-bond donors (Lipinski definition) is 0. The summed E-state index contributed by atoms with van der Waals surface area (Å²) in [5.41, 5.74) is 2.07. The smallest absolute Gasteiger partial charge is 0.240 e. The largest absolute Gasteiger partial charge is 0.461 e. The number of Topliss-reactive ketones (excluding diaryl/α,β-unsaturated/α-hetero) is 1. The second-order valence-electron chi connectivity index (χ2n) is 8.28. The summed E-state index contributed by atoms with van der Waals surface area (Å²) in [4.78, 5) is 44.0. The highest BCUT2D eigenvalue weighted by Crippen LogP contribution is 2.54. The second kappa shape index (κ2) is 7.33. The number of rotatable bonds is 3. The predicted molar refractivity (Wildman–Crippen MR) is 123 cm³/mol. The Bertz CT molecular complexity index is 1350. The van der Waals surface area contributed by atoms with Crippen LogP contribution < -0.4 is 4.90 Å². The molecule has 0 N–H and O–H groups in total. The van der Waals surface area contributed by atoms with Crippen LogP contribution in [0.3, 0.4) is 0 Å². The van der Waals surface area contributed by atoms with Crippen molar-refractivity contribution in [1.29, 1.82) is 0 Å².